The third kappa shape index (κ3) is 2.60. The number of fused-ring (bicyclic) bond motifs is 5. The lowest BCUT2D eigenvalue weighted by molar-refractivity contribution is -0.136. The second-order valence-electron chi connectivity index (χ2n) is 9.91. The molecule has 4 aliphatic rings. The SMILES string of the molecule is C=C1C[C@H]2[C@@H]3CC[C@H](C(C)=O)[C@@]3(C)CC[C@@H]2[C@@]2(C)C=C(CC(=O)O)C(=O)C=C12. The third-order valence-electron chi connectivity index (χ3n) is 8.55. The van der Waals surface area contributed by atoms with Gasteiger partial charge in [0.05, 0.1) is 6.42 Å². The zero-order valence-corrected chi connectivity index (χ0v) is 17.1. The molecule has 0 aromatic carbocycles. The highest BCUT2D eigenvalue weighted by Crippen LogP contribution is 2.66. The van der Waals surface area contributed by atoms with Crippen molar-refractivity contribution in [2.45, 2.75) is 59.3 Å². The summed E-state index contributed by atoms with van der Waals surface area (Å²) >= 11 is 0. The summed E-state index contributed by atoms with van der Waals surface area (Å²) < 4.78 is 0. The fourth-order valence-electron chi connectivity index (χ4n) is 7.36. The lowest BCUT2D eigenvalue weighted by atomic mass is 9.46. The summed E-state index contributed by atoms with van der Waals surface area (Å²) in [6, 6.07) is 0. The standard InChI is InChI=1S/C24H30O4/c1-13-9-16-18-6-5-17(14(2)25)23(18,3)8-7-19(16)24(4)12-15(10-22(27)28)21(26)11-20(13)24/h11-12,16-19H,1,5-10H2,2-4H3,(H,27,28)/t16-,17+,18-,19-,23+,24+/m0/s1. The first-order valence-corrected chi connectivity index (χ1v) is 10.5. The van der Waals surface area contributed by atoms with E-state index in [1.54, 1.807) is 13.0 Å². The largest absolute Gasteiger partial charge is 0.481 e. The Labute approximate surface area is 166 Å². The van der Waals surface area contributed by atoms with E-state index >= 15 is 0 Å². The number of carboxylic acids is 1. The van der Waals surface area contributed by atoms with E-state index in [0.29, 0.717) is 29.1 Å². The molecule has 4 aliphatic carbocycles. The van der Waals surface area contributed by atoms with E-state index < -0.39 is 5.97 Å². The molecule has 28 heavy (non-hydrogen) atoms. The van der Waals surface area contributed by atoms with Gasteiger partial charge in [0.25, 0.3) is 0 Å². The molecule has 6 atom stereocenters. The number of hydrogen-bond donors (Lipinski definition) is 1. The molecule has 0 aromatic rings. The molecule has 4 heteroatoms. The Kier molecular flexibility index (Phi) is 4.33. The summed E-state index contributed by atoms with van der Waals surface area (Å²) in [5.41, 5.74) is 2.13. The highest BCUT2D eigenvalue weighted by atomic mass is 16.4. The van der Waals surface area contributed by atoms with Crippen molar-refractivity contribution in [3.8, 4) is 0 Å². The van der Waals surface area contributed by atoms with Crippen LogP contribution in [0.3, 0.4) is 0 Å². The molecule has 0 spiro atoms. The minimum Gasteiger partial charge on any atom is -0.481 e. The van der Waals surface area contributed by atoms with Crippen molar-refractivity contribution in [2.24, 2.45) is 34.5 Å². The van der Waals surface area contributed by atoms with Crippen LogP contribution in [0.1, 0.15) is 59.3 Å². The Bertz CT molecular complexity index is 847. The van der Waals surface area contributed by atoms with E-state index in [-0.39, 0.29) is 29.0 Å². The molecule has 0 aromatic heterocycles. The van der Waals surface area contributed by atoms with E-state index in [9.17, 15) is 19.5 Å². The predicted octanol–water partition coefficient (Wildman–Crippen LogP) is 4.51. The van der Waals surface area contributed by atoms with Crippen LogP contribution < -0.4 is 0 Å². The zero-order valence-electron chi connectivity index (χ0n) is 17.1. The molecular formula is C24H30O4. The van der Waals surface area contributed by atoms with Gasteiger partial charge in [-0.2, -0.15) is 0 Å². The summed E-state index contributed by atoms with van der Waals surface area (Å²) in [7, 11) is 0. The van der Waals surface area contributed by atoms with Gasteiger partial charge in [0.1, 0.15) is 5.78 Å². The Morgan fingerprint density at radius 2 is 1.93 bits per heavy atom. The number of Topliss-reactive ketones (excluding diaryl/α,β-unsaturated/α-hetero) is 1. The fourth-order valence-corrected chi connectivity index (χ4v) is 7.36. The van der Waals surface area contributed by atoms with Crippen molar-refractivity contribution in [1.29, 1.82) is 0 Å². The molecule has 0 bridgehead atoms. The van der Waals surface area contributed by atoms with Crippen LogP contribution in [0.2, 0.25) is 0 Å². The van der Waals surface area contributed by atoms with E-state index in [2.05, 4.69) is 20.4 Å². The number of carboxylic acid groups (broad SMARTS) is 1. The highest BCUT2D eigenvalue weighted by Gasteiger charge is 2.60. The van der Waals surface area contributed by atoms with E-state index in [0.717, 1.165) is 43.3 Å². The molecule has 0 saturated heterocycles. The first-order chi connectivity index (χ1) is 13.1. The number of aliphatic carboxylic acids is 1. The van der Waals surface area contributed by atoms with Gasteiger partial charge in [-0.25, -0.2) is 0 Å². The van der Waals surface area contributed by atoms with Crippen LogP contribution in [0.15, 0.2) is 35.5 Å². The molecule has 0 heterocycles. The molecular weight excluding hydrogens is 352 g/mol. The lowest BCUT2D eigenvalue weighted by Crippen LogP contribution is -2.50. The van der Waals surface area contributed by atoms with Crippen LogP contribution >= 0.6 is 0 Å². The first-order valence-electron chi connectivity index (χ1n) is 10.5. The molecule has 150 valence electrons. The number of carbonyl (C=O) groups is 3. The molecule has 0 radical (unpaired) electrons. The molecule has 3 saturated carbocycles. The predicted molar refractivity (Wildman–Crippen MR) is 107 cm³/mol. The molecule has 0 aliphatic heterocycles. The second-order valence-corrected chi connectivity index (χ2v) is 9.91. The molecule has 3 fully saturated rings. The molecule has 4 nitrogen and oxygen atoms in total. The monoisotopic (exact) mass is 382 g/mol. The van der Waals surface area contributed by atoms with Crippen LogP contribution in [-0.4, -0.2) is 22.6 Å². The van der Waals surface area contributed by atoms with Gasteiger partial charge in [-0.1, -0.05) is 32.1 Å². The quantitative estimate of drug-likeness (QED) is 0.779. The van der Waals surface area contributed by atoms with Gasteiger partial charge in [0, 0.05) is 16.9 Å². The summed E-state index contributed by atoms with van der Waals surface area (Å²) in [6.45, 7) is 10.5. The maximum absolute atomic E-state index is 12.5. The minimum atomic E-state index is -0.970. The molecule has 4 rings (SSSR count). The number of ketones is 2. The number of rotatable bonds is 3. The first kappa shape index (κ1) is 19.4. The number of allylic oxidation sites excluding steroid dienone is 4. The third-order valence-corrected chi connectivity index (χ3v) is 8.55. The fraction of sp³-hybridized carbons (Fsp3) is 0.625. The van der Waals surface area contributed by atoms with Gasteiger partial charge >= 0.3 is 5.97 Å². The summed E-state index contributed by atoms with van der Waals surface area (Å²) in [5, 5.41) is 9.22. The average Bonchev–Trinajstić information content (AvgIpc) is 2.94. The molecule has 0 amide bonds. The van der Waals surface area contributed by atoms with Crippen LogP contribution in [0.4, 0.5) is 0 Å². The van der Waals surface area contributed by atoms with Gasteiger partial charge < -0.3 is 5.11 Å². The molecule has 0 unspecified atom stereocenters. The summed E-state index contributed by atoms with van der Waals surface area (Å²) in [5.74, 6) is 0.608. The van der Waals surface area contributed by atoms with Crippen LogP contribution in [-0.2, 0) is 14.4 Å². The van der Waals surface area contributed by atoms with Gasteiger partial charge in [-0.3, -0.25) is 14.4 Å². The van der Waals surface area contributed by atoms with Gasteiger partial charge in [0.2, 0.25) is 0 Å². The second kappa shape index (κ2) is 6.27. The van der Waals surface area contributed by atoms with Gasteiger partial charge in [-0.15, -0.1) is 0 Å². The normalized spacial score (nSPS) is 42.1. The Morgan fingerprint density at radius 3 is 2.57 bits per heavy atom. The number of hydrogen-bond acceptors (Lipinski definition) is 3. The number of carbonyl (C=O) groups excluding carboxylic acids is 2. The summed E-state index contributed by atoms with van der Waals surface area (Å²) in [4.78, 5) is 36.0. The Balaban J connectivity index is 1.74. The highest BCUT2D eigenvalue weighted by molar-refractivity contribution is 6.08. The van der Waals surface area contributed by atoms with Crippen molar-refractivity contribution in [3.63, 3.8) is 0 Å². The van der Waals surface area contributed by atoms with Crippen molar-refractivity contribution in [2.75, 3.05) is 0 Å². The van der Waals surface area contributed by atoms with Crippen molar-refractivity contribution < 1.29 is 19.5 Å². The van der Waals surface area contributed by atoms with Gasteiger partial charge in [0.15, 0.2) is 5.78 Å². The molecule has 1 N–H and O–H groups in total. The van der Waals surface area contributed by atoms with Crippen LogP contribution in [0, 0.1) is 34.5 Å². The van der Waals surface area contributed by atoms with Crippen LogP contribution in [0.5, 0.6) is 0 Å². The van der Waals surface area contributed by atoms with Crippen molar-refractivity contribution in [3.05, 3.63) is 35.5 Å². The zero-order chi connectivity index (χ0) is 20.4. The van der Waals surface area contributed by atoms with E-state index in [4.69, 9.17) is 0 Å². The average molecular weight is 383 g/mol. The Hall–Kier alpha value is -1.97. The van der Waals surface area contributed by atoms with Crippen molar-refractivity contribution >= 4 is 17.5 Å². The van der Waals surface area contributed by atoms with Crippen molar-refractivity contribution in [1.82, 2.24) is 0 Å². The lowest BCUT2D eigenvalue weighted by Gasteiger charge is -2.57. The maximum Gasteiger partial charge on any atom is 0.307 e. The minimum absolute atomic E-state index is 0.0585. The topological polar surface area (TPSA) is 71.4 Å². The Morgan fingerprint density at radius 1 is 1.21 bits per heavy atom. The maximum atomic E-state index is 12.5. The summed E-state index contributed by atoms with van der Waals surface area (Å²) in [6.07, 6.45) is 8.34. The van der Waals surface area contributed by atoms with E-state index in [1.165, 1.54) is 0 Å². The van der Waals surface area contributed by atoms with Gasteiger partial charge in [-0.05, 0) is 73.8 Å². The van der Waals surface area contributed by atoms with Crippen LogP contribution in [0.25, 0.3) is 0 Å². The van der Waals surface area contributed by atoms with E-state index in [1.807, 2.05) is 6.08 Å². The smallest absolute Gasteiger partial charge is 0.307 e.